The molecule has 1 N–H and O–H groups in total. The summed E-state index contributed by atoms with van der Waals surface area (Å²) in [6.07, 6.45) is 1.60. The average molecular weight is 325 g/mol. The fourth-order valence-electron chi connectivity index (χ4n) is 3.12. The summed E-state index contributed by atoms with van der Waals surface area (Å²) >= 11 is 0. The van der Waals surface area contributed by atoms with E-state index in [0.717, 1.165) is 13.1 Å². The van der Waals surface area contributed by atoms with Crippen LogP contribution in [0, 0.1) is 13.8 Å². The minimum Gasteiger partial charge on any atom is -0.368 e. The Kier molecular flexibility index (Phi) is 4.42. The van der Waals surface area contributed by atoms with Crippen molar-refractivity contribution in [3.05, 3.63) is 52.8 Å². The van der Waals surface area contributed by atoms with Crippen LogP contribution in [0.5, 0.6) is 0 Å². The molecule has 0 atom stereocenters. The highest BCUT2D eigenvalue weighted by Crippen LogP contribution is 2.24. The maximum Gasteiger partial charge on any atom is 0.270 e. The van der Waals surface area contributed by atoms with Crippen molar-refractivity contribution >= 4 is 17.4 Å². The van der Waals surface area contributed by atoms with Crippen LogP contribution in [0.15, 0.2) is 30.5 Å². The molecule has 0 aliphatic carbocycles. The van der Waals surface area contributed by atoms with Crippen LogP contribution >= 0.6 is 0 Å². The van der Waals surface area contributed by atoms with Crippen LogP contribution in [0.1, 0.15) is 38.9 Å². The predicted octanol–water partition coefficient (Wildman–Crippen LogP) is 2.80. The number of carbonyl (C=O) groups excluding carboxylic acids is 2. The second-order valence-corrected chi connectivity index (χ2v) is 6.36. The van der Waals surface area contributed by atoms with E-state index in [2.05, 4.69) is 41.9 Å². The number of amides is 1. The van der Waals surface area contributed by atoms with Crippen molar-refractivity contribution < 1.29 is 9.59 Å². The third kappa shape index (κ3) is 3.07. The SMILES string of the molecule is CC(=O)c1c[nH]c(C(=O)N2CCN(c3cccc(C)c3C)CC2)c1. The second-order valence-electron chi connectivity index (χ2n) is 6.36. The Morgan fingerprint density at radius 2 is 1.79 bits per heavy atom. The van der Waals surface area contributed by atoms with Gasteiger partial charge in [-0.3, -0.25) is 9.59 Å². The van der Waals surface area contributed by atoms with E-state index in [0.29, 0.717) is 24.3 Å². The summed E-state index contributed by atoms with van der Waals surface area (Å²) in [5, 5.41) is 0. The van der Waals surface area contributed by atoms with Gasteiger partial charge in [-0.25, -0.2) is 0 Å². The molecule has 5 nitrogen and oxygen atoms in total. The number of rotatable bonds is 3. The van der Waals surface area contributed by atoms with Crippen LogP contribution in [-0.2, 0) is 0 Å². The molecule has 0 radical (unpaired) electrons. The first-order chi connectivity index (χ1) is 11.5. The lowest BCUT2D eigenvalue weighted by Crippen LogP contribution is -2.49. The molecule has 5 heteroatoms. The van der Waals surface area contributed by atoms with E-state index in [1.54, 1.807) is 12.3 Å². The van der Waals surface area contributed by atoms with Crippen molar-refractivity contribution in [1.29, 1.82) is 0 Å². The van der Waals surface area contributed by atoms with Crippen molar-refractivity contribution in [3.63, 3.8) is 0 Å². The summed E-state index contributed by atoms with van der Waals surface area (Å²) in [6.45, 7) is 8.76. The fourth-order valence-corrected chi connectivity index (χ4v) is 3.12. The molecule has 1 saturated heterocycles. The number of piperazine rings is 1. The van der Waals surface area contributed by atoms with Crippen LogP contribution in [-0.4, -0.2) is 47.8 Å². The molecule has 1 aromatic carbocycles. The quantitative estimate of drug-likeness (QED) is 0.883. The Balaban J connectivity index is 1.67. The molecule has 1 aromatic heterocycles. The molecule has 0 unspecified atom stereocenters. The summed E-state index contributed by atoms with van der Waals surface area (Å²) in [5.41, 5.74) is 4.87. The normalized spacial score (nSPS) is 14.8. The van der Waals surface area contributed by atoms with Crippen molar-refractivity contribution in [1.82, 2.24) is 9.88 Å². The number of benzene rings is 1. The topological polar surface area (TPSA) is 56.4 Å². The van der Waals surface area contributed by atoms with Gasteiger partial charge in [-0.05, 0) is 44.0 Å². The molecule has 0 saturated carbocycles. The van der Waals surface area contributed by atoms with Gasteiger partial charge in [0.1, 0.15) is 5.69 Å². The predicted molar refractivity (Wildman–Crippen MR) is 94.8 cm³/mol. The van der Waals surface area contributed by atoms with Gasteiger partial charge in [0.25, 0.3) is 5.91 Å². The molecule has 3 rings (SSSR count). The number of aromatic amines is 1. The summed E-state index contributed by atoms with van der Waals surface area (Å²) in [5.74, 6) is -0.0758. The Morgan fingerprint density at radius 3 is 2.42 bits per heavy atom. The molecule has 2 heterocycles. The number of aryl methyl sites for hydroxylation is 1. The van der Waals surface area contributed by atoms with E-state index in [9.17, 15) is 9.59 Å². The van der Waals surface area contributed by atoms with E-state index < -0.39 is 0 Å². The first-order valence-electron chi connectivity index (χ1n) is 8.27. The number of hydrogen-bond acceptors (Lipinski definition) is 3. The minimum absolute atomic E-state index is 0.0370. The average Bonchev–Trinajstić information content (AvgIpc) is 3.07. The third-order valence-electron chi connectivity index (χ3n) is 4.80. The fraction of sp³-hybridized carbons (Fsp3) is 0.368. The molecule has 0 bridgehead atoms. The van der Waals surface area contributed by atoms with Gasteiger partial charge in [-0.1, -0.05) is 12.1 Å². The molecule has 1 aliphatic rings. The second kappa shape index (κ2) is 6.51. The number of carbonyl (C=O) groups is 2. The third-order valence-corrected chi connectivity index (χ3v) is 4.80. The molecule has 1 aliphatic heterocycles. The standard InChI is InChI=1S/C19H23N3O2/c1-13-5-4-6-18(14(13)2)21-7-9-22(10-8-21)19(24)17-11-16(12-20-17)15(3)23/h4-6,11-12,20H,7-10H2,1-3H3. The zero-order valence-corrected chi connectivity index (χ0v) is 14.4. The lowest BCUT2D eigenvalue weighted by molar-refractivity contribution is 0.0741. The largest absolute Gasteiger partial charge is 0.368 e. The first kappa shape index (κ1) is 16.3. The molecule has 24 heavy (non-hydrogen) atoms. The maximum atomic E-state index is 12.6. The summed E-state index contributed by atoms with van der Waals surface area (Å²) in [7, 11) is 0. The lowest BCUT2D eigenvalue weighted by atomic mass is 10.1. The number of ketones is 1. The van der Waals surface area contributed by atoms with E-state index in [-0.39, 0.29) is 11.7 Å². The molecule has 0 spiro atoms. The van der Waals surface area contributed by atoms with Gasteiger partial charge in [0, 0.05) is 43.6 Å². The van der Waals surface area contributed by atoms with Gasteiger partial charge in [0.05, 0.1) is 0 Å². The zero-order valence-electron chi connectivity index (χ0n) is 14.4. The van der Waals surface area contributed by atoms with Crippen LogP contribution in [0.4, 0.5) is 5.69 Å². The molecular weight excluding hydrogens is 302 g/mol. The van der Waals surface area contributed by atoms with Crippen molar-refractivity contribution in [2.24, 2.45) is 0 Å². The van der Waals surface area contributed by atoms with Crippen molar-refractivity contribution in [2.45, 2.75) is 20.8 Å². The van der Waals surface area contributed by atoms with Crippen molar-refractivity contribution in [2.75, 3.05) is 31.1 Å². The van der Waals surface area contributed by atoms with Gasteiger partial charge in [-0.2, -0.15) is 0 Å². The maximum absolute atomic E-state index is 12.6. The first-order valence-corrected chi connectivity index (χ1v) is 8.27. The van der Waals surface area contributed by atoms with Crippen molar-refractivity contribution in [3.8, 4) is 0 Å². The van der Waals surface area contributed by atoms with Gasteiger partial charge in [0.2, 0.25) is 0 Å². The van der Waals surface area contributed by atoms with Crippen LogP contribution in [0.3, 0.4) is 0 Å². The lowest BCUT2D eigenvalue weighted by Gasteiger charge is -2.36. The summed E-state index contributed by atoms with van der Waals surface area (Å²) < 4.78 is 0. The monoisotopic (exact) mass is 325 g/mol. The highest BCUT2D eigenvalue weighted by Gasteiger charge is 2.24. The number of hydrogen-bond donors (Lipinski definition) is 1. The molecule has 1 amide bonds. The molecular formula is C19H23N3O2. The highest BCUT2D eigenvalue weighted by atomic mass is 16.2. The molecule has 1 fully saturated rings. The van der Waals surface area contributed by atoms with E-state index in [4.69, 9.17) is 0 Å². The highest BCUT2D eigenvalue weighted by molar-refractivity contribution is 5.99. The number of Topliss-reactive ketones (excluding diaryl/α,β-unsaturated/α-hetero) is 1. The number of anilines is 1. The minimum atomic E-state index is -0.0388. The Labute approximate surface area is 142 Å². The van der Waals surface area contributed by atoms with Gasteiger partial charge >= 0.3 is 0 Å². The van der Waals surface area contributed by atoms with Gasteiger partial charge in [-0.15, -0.1) is 0 Å². The smallest absolute Gasteiger partial charge is 0.270 e. The molecule has 126 valence electrons. The van der Waals surface area contributed by atoms with Crippen LogP contribution in [0.2, 0.25) is 0 Å². The summed E-state index contributed by atoms with van der Waals surface area (Å²) in [4.78, 5) is 31.0. The van der Waals surface area contributed by atoms with E-state index >= 15 is 0 Å². The number of nitrogens with zero attached hydrogens (tertiary/aromatic N) is 2. The Morgan fingerprint density at radius 1 is 1.08 bits per heavy atom. The number of nitrogens with one attached hydrogen (secondary N) is 1. The van der Waals surface area contributed by atoms with E-state index in [1.807, 2.05) is 4.90 Å². The Hall–Kier alpha value is -2.56. The Bertz CT molecular complexity index is 771. The van der Waals surface area contributed by atoms with Crippen LogP contribution < -0.4 is 4.90 Å². The van der Waals surface area contributed by atoms with Gasteiger partial charge < -0.3 is 14.8 Å². The summed E-state index contributed by atoms with van der Waals surface area (Å²) in [6, 6.07) is 7.99. The number of aromatic nitrogens is 1. The zero-order chi connectivity index (χ0) is 17.3. The van der Waals surface area contributed by atoms with Crippen LogP contribution in [0.25, 0.3) is 0 Å². The number of H-pyrrole nitrogens is 1. The molecule has 2 aromatic rings. The van der Waals surface area contributed by atoms with E-state index in [1.165, 1.54) is 23.7 Å². The van der Waals surface area contributed by atoms with Gasteiger partial charge in [0.15, 0.2) is 5.78 Å².